The Kier molecular flexibility index (Phi) is 5.40. The minimum atomic E-state index is -0.442. The maximum absolute atomic E-state index is 13.1. The third-order valence-corrected chi connectivity index (χ3v) is 4.90. The highest BCUT2D eigenvalue weighted by Crippen LogP contribution is 2.26. The maximum Gasteiger partial charge on any atom is 0.254 e. The van der Waals surface area contributed by atoms with Gasteiger partial charge >= 0.3 is 0 Å². The number of anilines is 1. The van der Waals surface area contributed by atoms with Gasteiger partial charge in [0.25, 0.3) is 5.91 Å². The molecule has 1 saturated heterocycles. The summed E-state index contributed by atoms with van der Waals surface area (Å²) in [5.41, 5.74) is 3.69. The predicted molar refractivity (Wildman–Crippen MR) is 105 cm³/mol. The summed E-state index contributed by atoms with van der Waals surface area (Å²) in [4.78, 5) is 39.1. The number of benzene rings is 2. The standard InChI is InChI=1S/C22H24N2O3/c1-14-9-10-15(2)19(12-14)21(26)20-8-5-11-24(20)22(27)17-6-4-7-18(13-17)23-16(3)25/h4,6-7,9-10,12-13,20H,5,8,11H2,1-3H3,(H,23,25). The van der Waals surface area contributed by atoms with Crippen molar-refractivity contribution in [3.8, 4) is 0 Å². The van der Waals surface area contributed by atoms with Crippen LogP contribution in [0.2, 0.25) is 0 Å². The van der Waals surface area contributed by atoms with E-state index < -0.39 is 6.04 Å². The fraction of sp³-hybridized carbons (Fsp3) is 0.318. The van der Waals surface area contributed by atoms with E-state index in [1.165, 1.54) is 6.92 Å². The summed E-state index contributed by atoms with van der Waals surface area (Å²) >= 11 is 0. The number of likely N-dealkylation sites (tertiary alicyclic amines) is 1. The Morgan fingerprint density at radius 3 is 2.59 bits per heavy atom. The molecule has 0 spiro atoms. The van der Waals surface area contributed by atoms with E-state index in [1.54, 1.807) is 29.2 Å². The van der Waals surface area contributed by atoms with Crippen LogP contribution in [0.1, 0.15) is 51.6 Å². The molecule has 0 radical (unpaired) electrons. The molecule has 2 aromatic carbocycles. The lowest BCUT2D eigenvalue weighted by molar-refractivity contribution is -0.114. The van der Waals surface area contributed by atoms with Gasteiger partial charge in [0.05, 0.1) is 6.04 Å². The summed E-state index contributed by atoms with van der Waals surface area (Å²) in [6, 6.07) is 12.2. The average molecular weight is 364 g/mol. The lowest BCUT2D eigenvalue weighted by atomic mass is 9.96. The number of nitrogens with one attached hydrogen (secondary N) is 1. The van der Waals surface area contributed by atoms with Gasteiger partial charge in [0.2, 0.25) is 5.91 Å². The van der Waals surface area contributed by atoms with Crippen molar-refractivity contribution in [2.45, 2.75) is 39.7 Å². The van der Waals surface area contributed by atoms with Crippen LogP contribution in [0.25, 0.3) is 0 Å². The molecule has 27 heavy (non-hydrogen) atoms. The molecular weight excluding hydrogens is 340 g/mol. The van der Waals surface area contributed by atoms with E-state index in [9.17, 15) is 14.4 Å². The van der Waals surface area contributed by atoms with Crippen molar-refractivity contribution in [2.24, 2.45) is 0 Å². The van der Waals surface area contributed by atoms with E-state index in [4.69, 9.17) is 0 Å². The van der Waals surface area contributed by atoms with Gasteiger partial charge < -0.3 is 10.2 Å². The monoisotopic (exact) mass is 364 g/mol. The zero-order valence-electron chi connectivity index (χ0n) is 15.9. The van der Waals surface area contributed by atoms with Gasteiger partial charge in [-0.3, -0.25) is 14.4 Å². The summed E-state index contributed by atoms with van der Waals surface area (Å²) in [5.74, 6) is -0.368. The van der Waals surface area contributed by atoms with Crippen molar-refractivity contribution in [3.05, 3.63) is 64.7 Å². The number of carbonyl (C=O) groups is 3. The van der Waals surface area contributed by atoms with Gasteiger partial charge in [-0.25, -0.2) is 0 Å². The number of hydrogen-bond acceptors (Lipinski definition) is 3. The zero-order chi connectivity index (χ0) is 19.6. The Labute approximate surface area is 159 Å². The smallest absolute Gasteiger partial charge is 0.254 e. The largest absolute Gasteiger partial charge is 0.328 e. The SMILES string of the molecule is CC(=O)Nc1cccc(C(=O)N2CCCC2C(=O)c2cc(C)ccc2C)c1. The normalized spacial score (nSPS) is 16.3. The fourth-order valence-corrected chi connectivity index (χ4v) is 3.56. The molecule has 140 valence electrons. The summed E-state index contributed by atoms with van der Waals surface area (Å²) < 4.78 is 0. The van der Waals surface area contributed by atoms with Crippen LogP contribution in [-0.2, 0) is 4.79 Å². The number of ketones is 1. The summed E-state index contributed by atoms with van der Waals surface area (Å²) in [5, 5.41) is 2.69. The van der Waals surface area contributed by atoms with Crippen LogP contribution in [0.15, 0.2) is 42.5 Å². The molecule has 1 aliphatic rings. The van der Waals surface area contributed by atoms with Crippen molar-refractivity contribution >= 4 is 23.3 Å². The van der Waals surface area contributed by atoms with Gasteiger partial charge in [-0.2, -0.15) is 0 Å². The van der Waals surface area contributed by atoms with Crippen LogP contribution >= 0.6 is 0 Å². The molecule has 1 atom stereocenters. The Hall–Kier alpha value is -2.95. The van der Waals surface area contributed by atoms with Gasteiger partial charge in [0, 0.05) is 30.3 Å². The van der Waals surface area contributed by atoms with Crippen molar-refractivity contribution in [2.75, 3.05) is 11.9 Å². The van der Waals surface area contributed by atoms with Crippen LogP contribution in [0, 0.1) is 13.8 Å². The summed E-state index contributed by atoms with van der Waals surface area (Å²) in [6.45, 7) is 5.87. The summed E-state index contributed by atoms with van der Waals surface area (Å²) in [7, 11) is 0. The third-order valence-electron chi connectivity index (χ3n) is 4.90. The Balaban J connectivity index is 1.85. The first-order chi connectivity index (χ1) is 12.9. The zero-order valence-corrected chi connectivity index (χ0v) is 15.9. The minimum absolute atomic E-state index is 0.0000607. The van der Waals surface area contributed by atoms with Gasteiger partial charge in [-0.1, -0.05) is 23.8 Å². The lowest BCUT2D eigenvalue weighted by Gasteiger charge is -2.24. The minimum Gasteiger partial charge on any atom is -0.328 e. The van der Waals surface area contributed by atoms with Crippen molar-refractivity contribution < 1.29 is 14.4 Å². The predicted octanol–water partition coefficient (Wildman–Crippen LogP) is 3.75. The Morgan fingerprint density at radius 2 is 1.85 bits per heavy atom. The quantitative estimate of drug-likeness (QED) is 0.840. The molecule has 0 aromatic heterocycles. The first kappa shape index (κ1) is 18.8. The van der Waals surface area contributed by atoms with Gasteiger partial charge in [-0.15, -0.1) is 0 Å². The van der Waals surface area contributed by atoms with E-state index in [-0.39, 0.29) is 17.6 Å². The Bertz CT molecular complexity index is 904. The average Bonchev–Trinajstić information content (AvgIpc) is 3.12. The topological polar surface area (TPSA) is 66.5 Å². The summed E-state index contributed by atoms with van der Waals surface area (Å²) in [6.07, 6.45) is 1.47. The van der Waals surface area contributed by atoms with E-state index in [1.807, 2.05) is 32.0 Å². The highest BCUT2D eigenvalue weighted by atomic mass is 16.2. The number of nitrogens with zero attached hydrogens (tertiary/aromatic N) is 1. The number of Topliss-reactive ketones (excluding diaryl/α,β-unsaturated/α-hetero) is 1. The van der Waals surface area contributed by atoms with Crippen molar-refractivity contribution in [3.63, 3.8) is 0 Å². The molecule has 1 fully saturated rings. The molecule has 1 N–H and O–H groups in total. The Morgan fingerprint density at radius 1 is 1.07 bits per heavy atom. The molecule has 1 aliphatic heterocycles. The first-order valence-electron chi connectivity index (χ1n) is 9.17. The molecule has 5 heteroatoms. The fourth-order valence-electron chi connectivity index (χ4n) is 3.56. The molecule has 1 heterocycles. The second-order valence-electron chi connectivity index (χ2n) is 7.10. The first-order valence-corrected chi connectivity index (χ1v) is 9.17. The maximum atomic E-state index is 13.1. The number of aryl methyl sites for hydroxylation is 2. The number of carbonyl (C=O) groups excluding carboxylic acids is 3. The van der Waals surface area contributed by atoms with Crippen LogP contribution in [-0.4, -0.2) is 35.1 Å². The van der Waals surface area contributed by atoms with E-state index in [2.05, 4.69) is 5.32 Å². The molecule has 0 saturated carbocycles. The number of hydrogen-bond donors (Lipinski definition) is 1. The molecular formula is C22H24N2O3. The highest BCUT2D eigenvalue weighted by Gasteiger charge is 2.35. The van der Waals surface area contributed by atoms with Crippen LogP contribution < -0.4 is 5.32 Å². The highest BCUT2D eigenvalue weighted by molar-refractivity contribution is 6.06. The second-order valence-corrected chi connectivity index (χ2v) is 7.10. The van der Waals surface area contributed by atoms with E-state index >= 15 is 0 Å². The molecule has 3 rings (SSSR count). The van der Waals surface area contributed by atoms with E-state index in [0.29, 0.717) is 29.8 Å². The molecule has 5 nitrogen and oxygen atoms in total. The number of rotatable bonds is 4. The van der Waals surface area contributed by atoms with Crippen LogP contribution in [0.4, 0.5) is 5.69 Å². The lowest BCUT2D eigenvalue weighted by Crippen LogP contribution is -2.40. The van der Waals surface area contributed by atoms with E-state index in [0.717, 1.165) is 17.5 Å². The van der Waals surface area contributed by atoms with Gasteiger partial charge in [0.1, 0.15) is 0 Å². The van der Waals surface area contributed by atoms with Crippen molar-refractivity contribution in [1.29, 1.82) is 0 Å². The number of amides is 2. The van der Waals surface area contributed by atoms with Crippen LogP contribution in [0.5, 0.6) is 0 Å². The second kappa shape index (κ2) is 7.74. The third kappa shape index (κ3) is 4.08. The molecule has 1 unspecified atom stereocenters. The van der Waals surface area contributed by atoms with Gasteiger partial charge in [-0.05, 0) is 56.5 Å². The molecule has 2 aromatic rings. The molecule has 0 bridgehead atoms. The van der Waals surface area contributed by atoms with Crippen molar-refractivity contribution in [1.82, 2.24) is 4.90 Å². The van der Waals surface area contributed by atoms with Gasteiger partial charge in [0.15, 0.2) is 5.78 Å². The molecule has 2 amide bonds. The van der Waals surface area contributed by atoms with Crippen LogP contribution in [0.3, 0.4) is 0 Å². The molecule has 0 aliphatic carbocycles.